The minimum absolute atomic E-state index is 0.166. The Morgan fingerprint density at radius 3 is 2.94 bits per heavy atom. The Morgan fingerprint density at radius 1 is 1.47 bits per heavy atom. The monoisotopic (exact) mass is 254 g/mol. The largest absolute Gasteiger partial charge is 0.391 e. The summed E-state index contributed by atoms with van der Waals surface area (Å²) in [6, 6.07) is 1.41. The molecule has 0 aromatic carbocycles. The highest BCUT2D eigenvalue weighted by Gasteiger charge is 2.25. The van der Waals surface area contributed by atoms with Crippen molar-refractivity contribution in [1.82, 2.24) is 10.3 Å². The first-order valence-electron chi connectivity index (χ1n) is 5.77. The van der Waals surface area contributed by atoms with Gasteiger partial charge in [0.2, 0.25) is 0 Å². The summed E-state index contributed by atoms with van der Waals surface area (Å²) in [6.07, 6.45) is 6.12. The van der Waals surface area contributed by atoms with Gasteiger partial charge in [-0.25, -0.2) is 0 Å². The lowest BCUT2D eigenvalue weighted by molar-refractivity contribution is 0.0717. The van der Waals surface area contributed by atoms with Crippen LogP contribution in [0.2, 0.25) is 5.02 Å². The van der Waals surface area contributed by atoms with Crippen LogP contribution >= 0.6 is 11.6 Å². The van der Waals surface area contributed by atoms with E-state index < -0.39 is 6.10 Å². The molecule has 1 aromatic rings. The molecule has 2 atom stereocenters. The summed E-state index contributed by atoms with van der Waals surface area (Å²) in [5.41, 5.74) is 0.402. The summed E-state index contributed by atoms with van der Waals surface area (Å²) >= 11 is 5.89. The molecule has 5 heteroatoms. The van der Waals surface area contributed by atoms with E-state index in [4.69, 9.17) is 11.6 Å². The Morgan fingerprint density at radius 2 is 2.24 bits per heavy atom. The molecule has 0 aliphatic heterocycles. The highest BCUT2D eigenvalue weighted by molar-refractivity contribution is 6.33. The first kappa shape index (κ1) is 12.3. The highest BCUT2D eigenvalue weighted by Crippen LogP contribution is 2.20. The van der Waals surface area contributed by atoms with Crippen LogP contribution in [-0.4, -0.2) is 28.1 Å². The molecule has 0 unspecified atom stereocenters. The second-order valence-corrected chi connectivity index (χ2v) is 4.69. The molecule has 0 spiro atoms. The zero-order valence-electron chi connectivity index (χ0n) is 9.40. The molecule has 1 aliphatic carbocycles. The molecule has 1 heterocycles. The van der Waals surface area contributed by atoms with E-state index in [1.54, 1.807) is 6.07 Å². The van der Waals surface area contributed by atoms with Gasteiger partial charge in [0.1, 0.15) is 0 Å². The van der Waals surface area contributed by atoms with Crippen molar-refractivity contribution in [2.75, 3.05) is 0 Å². The fourth-order valence-electron chi connectivity index (χ4n) is 2.09. The summed E-state index contributed by atoms with van der Waals surface area (Å²) in [5.74, 6) is -0.247. The number of aliphatic hydroxyl groups excluding tert-OH is 1. The number of aliphatic hydroxyl groups is 1. The van der Waals surface area contributed by atoms with Crippen molar-refractivity contribution >= 4 is 17.5 Å². The summed E-state index contributed by atoms with van der Waals surface area (Å²) in [5, 5.41) is 12.9. The van der Waals surface area contributed by atoms with Gasteiger partial charge in [-0.1, -0.05) is 24.4 Å². The van der Waals surface area contributed by atoms with Crippen LogP contribution in [0.15, 0.2) is 18.5 Å². The summed E-state index contributed by atoms with van der Waals surface area (Å²) in [7, 11) is 0. The molecule has 1 amide bonds. The number of carbonyl (C=O) groups is 1. The number of hydrogen-bond acceptors (Lipinski definition) is 3. The van der Waals surface area contributed by atoms with Gasteiger partial charge in [-0.15, -0.1) is 0 Å². The van der Waals surface area contributed by atoms with Crippen molar-refractivity contribution in [3.05, 3.63) is 29.0 Å². The molecule has 4 nitrogen and oxygen atoms in total. The van der Waals surface area contributed by atoms with E-state index in [9.17, 15) is 9.90 Å². The van der Waals surface area contributed by atoms with E-state index in [2.05, 4.69) is 10.3 Å². The quantitative estimate of drug-likeness (QED) is 0.846. The molecule has 0 bridgehead atoms. The molecule has 1 aliphatic rings. The number of aromatic nitrogens is 1. The average molecular weight is 255 g/mol. The van der Waals surface area contributed by atoms with Crippen molar-refractivity contribution in [3.8, 4) is 0 Å². The van der Waals surface area contributed by atoms with Crippen molar-refractivity contribution < 1.29 is 9.90 Å². The van der Waals surface area contributed by atoms with Gasteiger partial charge >= 0.3 is 0 Å². The topological polar surface area (TPSA) is 62.2 Å². The van der Waals surface area contributed by atoms with Crippen LogP contribution in [0.5, 0.6) is 0 Å². The van der Waals surface area contributed by atoms with Crippen LogP contribution in [0.1, 0.15) is 36.0 Å². The lowest BCUT2D eigenvalue weighted by Crippen LogP contribution is -2.45. The van der Waals surface area contributed by atoms with Crippen LogP contribution in [0.4, 0.5) is 0 Å². The van der Waals surface area contributed by atoms with Crippen LogP contribution in [0.25, 0.3) is 0 Å². The molecule has 0 radical (unpaired) electrons. The van der Waals surface area contributed by atoms with Gasteiger partial charge in [0.15, 0.2) is 0 Å². The predicted molar refractivity (Wildman–Crippen MR) is 65.0 cm³/mol. The molecule has 92 valence electrons. The standard InChI is InChI=1S/C12H15ClN2O2/c13-9-7-14-6-5-8(9)12(17)15-10-3-1-2-4-11(10)16/h5-7,10-11,16H,1-4H2,(H,15,17)/t10-,11-/m1/s1. The number of pyridine rings is 1. The predicted octanol–water partition coefficient (Wildman–Crippen LogP) is 1.77. The van der Waals surface area contributed by atoms with Gasteiger partial charge < -0.3 is 10.4 Å². The molecule has 1 saturated carbocycles. The number of nitrogens with one attached hydrogen (secondary N) is 1. The minimum Gasteiger partial charge on any atom is -0.391 e. The third-order valence-corrected chi connectivity index (χ3v) is 3.36. The first-order chi connectivity index (χ1) is 8.18. The Kier molecular flexibility index (Phi) is 3.97. The van der Waals surface area contributed by atoms with E-state index in [-0.39, 0.29) is 11.9 Å². The van der Waals surface area contributed by atoms with E-state index in [1.165, 1.54) is 12.4 Å². The fourth-order valence-corrected chi connectivity index (χ4v) is 2.29. The van der Waals surface area contributed by atoms with Gasteiger partial charge in [-0.2, -0.15) is 0 Å². The Bertz CT molecular complexity index is 411. The third kappa shape index (κ3) is 2.96. The number of hydrogen-bond donors (Lipinski definition) is 2. The molecule has 17 heavy (non-hydrogen) atoms. The molecule has 1 fully saturated rings. The zero-order chi connectivity index (χ0) is 12.3. The number of carbonyl (C=O) groups excluding carboxylic acids is 1. The van der Waals surface area contributed by atoms with Crippen LogP contribution < -0.4 is 5.32 Å². The maximum absolute atomic E-state index is 11.9. The van der Waals surface area contributed by atoms with E-state index >= 15 is 0 Å². The van der Waals surface area contributed by atoms with Gasteiger partial charge in [0.05, 0.1) is 22.7 Å². The number of amides is 1. The molecule has 1 aromatic heterocycles. The number of nitrogens with zero attached hydrogens (tertiary/aromatic N) is 1. The van der Waals surface area contributed by atoms with E-state index in [1.807, 2.05) is 0 Å². The second-order valence-electron chi connectivity index (χ2n) is 4.29. The van der Waals surface area contributed by atoms with Gasteiger partial charge in [0, 0.05) is 12.4 Å². The normalized spacial score (nSPS) is 24.4. The Labute approximate surface area is 105 Å². The van der Waals surface area contributed by atoms with Crippen LogP contribution in [-0.2, 0) is 0 Å². The lowest BCUT2D eigenvalue weighted by atomic mass is 9.92. The maximum Gasteiger partial charge on any atom is 0.253 e. The summed E-state index contributed by atoms with van der Waals surface area (Å²) < 4.78 is 0. The van der Waals surface area contributed by atoms with Crippen molar-refractivity contribution in [2.24, 2.45) is 0 Å². The van der Waals surface area contributed by atoms with Crippen LogP contribution in [0.3, 0.4) is 0 Å². The van der Waals surface area contributed by atoms with Gasteiger partial charge in [0.25, 0.3) is 5.91 Å². The highest BCUT2D eigenvalue weighted by atomic mass is 35.5. The lowest BCUT2D eigenvalue weighted by Gasteiger charge is -2.28. The van der Waals surface area contributed by atoms with Crippen molar-refractivity contribution in [1.29, 1.82) is 0 Å². The average Bonchev–Trinajstić information content (AvgIpc) is 2.32. The molecular weight excluding hydrogens is 240 g/mol. The van der Waals surface area contributed by atoms with E-state index in [0.29, 0.717) is 10.6 Å². The first-order valence-corrected chi connectivity index (χ1v) is 6.14. The summed E-state index contributed by atoms with van der Waals surface area (Å²) in [6.45, 7) is 0. The molecule has 0 saturated heterocycles. The molecule has 2 N–H and O–H groups in total. The SMILES string of the molecule is O=C(N[C@@H]1CCCC[C@H]1O)c1ccncc1Cl. The smallest absolute Gasteiger partial charge is 0.253 e. The fraction of sp³-hybridized carbons (Fsp3) is 0.500. The Balaban J connectivity index is 2.04. The van der Waals surface area contributed by atoms with Crippen LogP contribution in [0, 0.1) is 0 Å². The van der Waals surface area contributed by atoms with Crippen molar-refractivity contribution in [3.63, 3.8) is 0 Å². The van der Waals surface area contributed by atoms with Gasteiger partial charge in [-0.05, 0) is 18.9 Å². The zero-order valence-corrected chi connectivity index (χ0v) is 10.2. The van der Waals surface area contributed by atoms with Crippen molar-refractivity contribution in [2.45, 2.75) is 37.8 Å². The molecule has 2 rings (SSSR count). The third-order valence-electron chi connectivity index (χ3n) is 3.06. The number of rotatable bonds is 2. The molecular formula is C12H15ClN2O2. The summed E-state index contributed by atoms with van der Waals surface area (Å²) in [4.78, 5) is 15.8. The maximum atomic E-state index is 11.9. The van der Waals surface area contributed by atoms with E-state index in [0.717, 1.165) is 25.7 Å². The second kappa shape index (κ2) is 5.47. The Hall–Kier alpha value is -1.13. The number of halogens is 1. The van der Waals surface area contributed by atoms with Gasteiger partial charge in [-0.3, -0.25) is 9.78 Å². The minimum atomic E-state index is -0.451.